The van der Waals surface area contributed by atoms with E-state index in [0.717, 1.165) is 0 Å². The van der Waals surface area contributed by atoms with Gasteiger partial charge in [0.15, 0.2) is 0 Å². The van der Waals surface area contributed by atoms with Crippen LogP contribution < -0.4 is 0 Å². The Morgan fingerprint density at radius 1 is 1.20 bits per heavy atom. The Balaban J connectivity index is -0.0000000200. The van der Waals surface area contributed by atoms with Crippen LogP contribution in [0, 0.1) is 6.42 Å². The number of rotatable bonds is 0. The van der Waals surface area contributed by atoms with Crippen LogP contribution in [0.3, 0.4) is 0 Å². The van der Waals surface area contributed by atoms with Gasteiger partial charge in [0.25, 0.3) is 0 Å². The van der Waals surface area contributed by atoms with Crippen LogP contribution in [0.15, 0.2) is 0 Å². The molecule has 0 nitrogen and oxygen atoms in total. The molecular weight excluding hydrogens is 181 g/mol. The quantitative estimate of drug-likeness (QED) is 0.403. The molecule has 2 heteroatoms. The molecule has 0 N–H and O–H groups in total. The first-order valence-electron chi connectivity index (χ1n) is 1.15. The van der Waals surface area contributed by atoms with Crippen molar-refractivity contribution in [1.82, 2.24) is 0 Å². The van der Waals surface area contributed by atoms with Crippen molar-refractivity contribution in [2.24, 2.45) is 0 Å². The van der Waals surface area contributed by atoms with Gasteiger partial charge in [-0.3, -0.25) is 0 Å². The third kappa shape index (κ3) is 40.4. The fourth-order valence-electron chi connectivity index (χ4n) is 0. The molecule has 0 aliphatic carbocycles. The van der Waals surface area contributed by atoms with E-state index in [0.29, 0.717) is 0 Å². The fourth-order valence-corrected chi connectivity index (χ4v) is 0. The maximum absolute atomic E-state index is 2.00. The summed E-state index contributed by atoms with van der Waals surface area (Å²) in [5, 5.41) is 0. The molecule has 0 amide bonds. The summed E-state index contributed by atoms with van der Waals surface area (Å²) in [5.74, 6) is 0. The molecule has 0 saturated carbocycles. The first-order valence-corrected chi connectivity index (χ1v) is 1.15. The molecule has 0 aliphatic heterocycles. The van der Waals surface area contributed by atoms with E-state index in [4.69, 9.17) is 0 Å². The van der Waals surface area contributed by atoms with E-state index in [2.05, 4.69) is 0 Å². The molecule has 0 radical (unpaired) electrons. The molecule has 0 saturated heterocycles. The smallest absolute Gasteiger partial charge is 0 e. The third-order valence-electron chi connectivity index (χ3n) is 0. The van der Waals surface area contributed by atoms with Gasteiger partial charge in [0.05, 0.1) is 0 Å². The minimum absolute atomic E-state index is 0. The van der Waals surface area contributed by atoms with Gasteiger partial charge in [0.2, 0.25) is 0 Å². The fraction of sp³-hybridized carbons (Fsp3) is 0.667. The van der Waals surface area contributed by atoms with Crippen molar-refractivity contribution < 1.29 is 19.5 Å². The van der Waals surface area contributed by atoms with Gasteiger partial charge < -0.3 is 6.42 Å². The Kier molecular flexibility index (Phi) is 64.1. The molecule has 0 heterocycles. The number of hydrogen-bond acceptors (Lipinski definition) is 0. The molecule has 0 rings (SSSR count). The second kappa shape index (κ2) is 19.4. The van der Waals surface area contributed by atoms with Gasteiger partial charge in [-0.25, -0.2) is 0 Å². The van der Waals surface area contributed by atoms with Crippen molar-refractivity contribution in [3.63, 3.8) is 0 Å². The van der Waals surface area contributed by atoms with Gasteiger partial charge in [0, 0.05) is 19.5 Å². The van der Waals surface area contributed by atoms with E-state index in [1.54, 1.807) is 0 Å². The summed E-state index contributed by atoms with van der Waals surface area (Å²) in [5.41, 5.74) is 0. The van der Waals surface area contributed by atoms with Gasteiger partial charge in [0.1, 0.15) is 0 Å². The van der Waals surface area contributed by atoms with Crippen molar-refractivity contribution in [1.29, 1.82) is 0 Å². The zero-order valence-corrected chi connectivity index (χ0v) is 8.37. The van der Waals surface area contributed by atoms with Crippen LogP contribution in [0.2, 0.25) is 0 Å². The first kappa shape index (κ1) is 16.5. The summed E-state index contributed by atoms with van der Waals surface area (Å²) < 4.78 is 0. The Bertz CT molecular complexity index is 6.85. The summed E-state index contributed by atoms with van der Waals surface area (Å²) >= 11 is 0. The predicted molar refractivity (Wildman–Crippen MR) is 26.0 cm³/mol. The number of halogens is 1. The molecule has 0 unspecified atom stereocenters. The Morgan fingerprint density at radius 3 is 1.20 bits per heavy atom. The Hall–Kier alpha value is 1.10. The zero-order valence-electron chi connectivity index (χ0n) is 3.69. The van der Waals surface area contributed by atoms with Gasteiger partial charge in [-0.1, -0.05) is 0 Å². The molecule has 0 atom stereocenters. The SMILES string of the molecule is Br.C[CH-]C.[Zn]. The van der Waals surface area contributed by atoms with Gasteiger partial charge in [-0.05, 0) is 0 Å². The molecule has 0 aliphatic rings. The standard InChI is InChI=1S/C3H7.BrH.Zn/c1-3-2;;/h3H,1-2H3;1H;/q-1;;. The molecule has 0 aromatic carbocycles. The van der Waals surface area contributed by atoms with Crippen LogP contribution in [0.5, 0.6) is 0 Å². The summed E-state index contributed by atoms with van der Waals surface area (Å²) in [6.07, 6.45) is 2.00. The maximum atomic E-state index is 2.00. The normalized spacial score (nSPS) is 3.60. The van der Waals surface area contributed by atoms with E-state index in [1.165, 1.54) is 0 Å². The van der Waals surface area contributed by atoms with Crippen molar-refractivity contribution in [3.05, 3.63) is 6.42 Å². The monoisotopic (exact) mass is 187 g/mol. The van der Waals surface area contributed by atoms with Crippen LogP contribution in [0.1, 0.15) is 13.8 Å². The summed E-state index contributed by atoms with van der Waals surface area (Å²) in [6.45, 7) is 4.00. The summed E-state index contributed by atoms with van der Waals surface area (Å²) in [4.78, 5) is 0. The van der Waals surface area contributed by atoms with E-state index >= 15 is 0 Å². The summed E-state index contributed by atoms with van der Waals surface area (Å²) in [7, 11) is 0. The second-order valence-electron chi connectivity index (χ2n) is 0.577. The number of hydrogen-bond donors (Lipinski definition) is 0. The largest absolute Gasteiger partial charge is 0.335 e. The maximum Gasteiger partial charge on any atom is 0 e. The Labute approximate surface area is 56.9 Å². The van der Waals surface area contributed by atoms with Gasteiger partial charge in [-0.15, -0.1) is 17.0 Å². The second-order valence-corrected chi connectivity index (χ2v) is 0.577. The predicted octanol–water partition coefficient (Wildman–Crippen LogP) is 1.81. The van der Waals surface area contributed by atoms with E-state index < -0.39 is 0 Å². The van der Waals surface area contributed by atoms with Crippen LogP contribution in [-0.4, -0.2) is 0 Å². The minimum Gasteiger partial charge on any atom is -0.335 e. The Morgan fingerprint density at radius 2 is 1.20 bits per heavy atom. The third-order valence-corrected chi connectivity index (χ3v) is 0. The van der Waals surface area contributed by atoms with E-state index in [1.807, 2.05) is 20.3 Å². The van der Waals surface area contributed by atoms with Crippen molar-refractivity contribution in [2.75, 3.05) is 0 Å². The molecule has 0 aromatic rings. The van der Waals surface area contributed by atoms with Crippen LogP contribution in [-0.2, 0) is 19.5 Å². The van der Waals surface area contributed by atoms with Crippen LogP contribution in [0.25, 0.3) is 0 Å². The van der Waals surface area contributed by atoms with E-state index in [-0.39, 0.29) is 36.5 Å². The van der Waals surface area contributed by atoms with Crippen molar-refractivity contribution >= 4 is 17.0 Å². The summed E-state index contributed by atoms with van der Waals surface area (Å²) in [6, 6.07) is 0. The molecule has 0 bridgehead atoms. The zero-order chi connectivity index (χ0) is 2.71. The van der Waals surface area contributed by atoms with Crippen molar-refractivity contribution in [3.8, 4) is 0 Å². The molecule has 5 heavy (non-hydrogen) atoms. The topological polar surface area (TPSA) is 0 Å². The minimum atomic E-state index is 0. The van der Waals surface area contributed by atoms with Crippen LogP contribution >= 0.6 is 17.0 Å². The molecule has 0 spiro atoms. The molecule has 0 aromatic heterocycles. The van der Waals surface area contributed by atoms with Crippen molar-refractivity contribution in [2.45, 2.75) is 13.8 Å². The van der Waals surface area contributed by atoms with Crippen LogP contribution in [0.4, 0.5) is 0 Å². The molecule has 30 valence electrons. The average molecular weight is 189 g/mol. The average Bonchev–Trinajstić information content (AvgIpc) is 0.918. The first-order chi connectivity index (χ1) is 1.41. The van der Waals surface area contributed by atoms with E-state index in [9.17, 15) is 0 Å². The van der Waals surface area contributed by atoms with Gasteiger partial charge >= 0.3 is 0 Å². The molecule has 0 fully saturated rings. The molecular formula is C3H8BrZn-. The van der Waals surface area contributed by atoms with Gasteiger partial charge in [-0.2, -0.15) is 13.8 Å².